The molecule has 1 aliphatic carbocycles. The fraction of sp³-hybridized carbons (Fsp3) is 0.389. The Hall–Kier alpha value is -1.38. The van der Waals surface area contributed by atoms with E-state index in [2.05, 4.69) is 26.0 Å². The van der Waals surface area contributed by atoms with Crippen LogP contribution in [-0.4, -0.2) is 20.4 Å². The van der Waals surface area contributed by atoms with E-state index in [1.165, 1.54) is 0 Å². The van der Waals surface area contributed by atoms with E-state index in [9.17, 15) is 13.2 Å². The number of carbonyl (C=O) groups is 1. The minimum absolute atomic E-state index is 0.0589. The number of benzene rings is 1. The van der Waals surface area contributed by atoms with Crippen molar-refractivity contribution in [1.82, 2.24) is 5.32 Å². The summed E-state index contributed by atoms with van der Waals surface area (Å²) in [5.74, 6) is 0.0589. The zero-order chi connectivity index (χ0) is 18.9. The van der Waals surface area contributed by atoms with Crippen molar-refractivity contribution < 1.29 is 13.2 Å². The van der Waals surface area contributed by atoms with Gasteiger partial charge in [-0.25, -0.2) is 8.42 Å². The molecule has 26 heavy (non-hydrogen) atoms. The summed E-state index contributed by atoms with van der Waals surface area (Å²) >= 11 is 4.43. The lowest BCUT2D eigenvalue weighted by Crippen LogP contribution is -2.39. The van der Waals surface area contributed by atoms with Gasteiger partial charge < -0.3 is 5.32 Å². The minimum Gasteiger partial charge on any atom is -0.353 e. The van der Waals surface area contributed by atoms with Gasteiger partial charge in [0.15, 0.2) is 0 Å². The predicted octanol–water partition coefficient (Wildman–Crippen LogP) is 4.26. The number of carbonyl (C=O) groups excluding carboxylic acids is 1. The van der Waals surface area contributed by atoms with Crippen molar-refractivity contribution in [3.63, 3.8) is 0 Å². The second-order valence-corrected chi connectivity index (χ2v) is 11.0. The van der Waals surface area contributed by atoms with Crippen LogP contribution in [0.15, 0.2) is 44.4 Å². The van der Waals surface area contributed by atoms with Gasteiger partial charge in [-0.3, -0.25) is 9.52 Å². The quantitative estimate of drug-likeness (QED) is 0.653. The number of amides is 1. The molecule has 0 radical (unpaired) electrons. The SMILES string of the molecule is CCC(C)NC(=O)C1(c2ccc(NS(=O)(=O)c3ccc(Br)s3)cc2)CC1. The number of hydrogen-bond acceptors (Lipinski definition) is 4. The fourth-order valence-corrected chi connectivity index (χ4v) is 5.81. The smallest absolute Gasteiger partial charge is 0.271 e. The van der Waals surface area contributed by atoms with Crippen LogP contribution in [0.3, 0.4) is 0 Å². The minimum atomic E-state index is -3.60. The Kier molecular flexibility index (Phi) is 5.46. The summed E-state index contributed by atoms with van der Waals surface area (Å²) in [6.45, 7) is 4.03. The van der Waals surface area contributed by atoms with Gasteiger partial charge in [-0.05, 0) is 71.9 Å². The molecular formula is C18H21BrN2O3S2. The lowest BCUT2D eigenvalue weighted by Gasteiger charge is -2.19. The van der Waals surface area contributed by atoms with Crippen molar-refractivity contribution >= 4 is 48.9 Å². The third-order valence-electron chi connectivity index (χ3n) is 4.68. The molecule has 0 aliphatic heterocycles. The van der Waals surface area contributed by atoms with Crippen molar-refractivity contribution in [3.05, 3.63) is 45.7 Å². The van der Waals surface area contributed by atoms with E-state index in [0.29, 0.717) is 5.69 Å². The van der Waals surface area contributed by atoms with Crippen LogP contribution in [0, 0.1) is 0 Å². The maximum atomic E-state index is 12.6. The first-order valence-electron chi connectivity index (χ1n) is 8.46. The van der Waals surface area contributed by atoms with Crippen molar-refractivity contribution in [2.75, 3.05) is 4.72 Å². The fourth-order valence-electron chi connectivity index (χ4n) is 2.74. The Morgan fingerprint density at radius 2 is 1.88 bits per heavy atom. The summed E-state index contributed by atoms with van der Waals surface area (Å²) in [5.41, 5.74) is 0.955. The van der Waals surface area contributed by atoms with E-state index >= 15 is 0 Å². The first-order valence-corrected chi connectivity index (χ1v) is 11.6. The van der Waals surface area contributed by atoms with Gasteiger partial charge >= 0.3 is 0 Å². The molecule has 140 valence electrons. The summed E-state index contributed by atoms with van der Waals surface area (Å²) in [6, 6.07) is 10.5. The molecule has 5 nitrogen and oxygen atoms in total. The molecule has 2 aromatic rings. The topological polar surface area (TPSA) is 75.3 Å². The van der Waals surface area contributed by atoms with Crippen molar-refractivity contribution in [2.45, 2.75) is 48.8 Å². The molecule has 0 saturated heterocycles. The van der Waals surface area contributed by atoms with Gasteiger partial charge in [0.1, 0.15) is 4.21 Å². The summed E-state index contributed by atoms with van der Waals surface area (Å²) in [6.07, 6.45) is 2.54. The number of hydrogen-bond donors (Lipinski definition) is 2. The third kappa shape index (κ3) is 3.97. The molecule has 1 heterocycles. The first-order chi connectivity index (χ1) is 12.3. The van der Waals surface area contributed by atoms with Crippen LogP contribution < -0.4 is 10.0 Å². The first kappa shape index (κ1) is 19.4. The van der Waals surface area contributed by atoms with Crippen molar-refractivity contribution in [1.29, 1.82) is 0 Å². The zero-order valence-electron chi connectivity index (χ0n) is 14.6. The van der Waals surface area contributed by atoms with Gasteiger partial charge in [0.25, 0.3) is 10.0 Å². The van der Waals surface area contributed by atoms with Gasteiger partial charge in [-0.1, -0.05) is 19.1 Å². The number of sulfonamides is 1. The Bertz CT molecular complexity index is 903. The summed E-state index contributed by atoms with van der Waals surface area (Å²) in [5, 5.41) is 3.05. The van der Waals surface area contributed by atoms with Crippen molar-refractivity contribution in [2.24, 2.45) is 0 Å². The van der Waals surface area contributed by atoms with Crippen LogP contribution in [0.25, 0.3) is 0 Å². The van der Waals surface area contributed by atoms with E-state index < -0.39 is 15.4 Å². The second-order valence-electron chi connectivity index (χ2n) is 6.61. The maximum Gasteiger partial charge on any atom is 0.271 e. The highest BCUT2D eigenvalue weighted by Crippen LogP contribution is 2.48. The van der Waals surface area contributed by atoms with Crippen molar-refractivity contribution in [3.8, 4) is 0 Å². The number of anilines is 1. The molecule has 1 atom stereocenters. The Labute approximate surface area is 166 Å². The van der Waals surface area contributed by atoms with Crippen LogP contribution >= 0.6 is 27.3 Å². The number of thiophene rings is 1. The molecule has 1 aliphatic rings. The molecule has 0 spiro atoms. The second kappa shape index (κ2) is 7.32. The molecule has 1 saturated carbocycles. The molecule has 1 amide bonds. The summed E-state index contributed by atoms with van der Waals surface area (Å²) in [4.78, 5) is 12.6. The van der Waals surface area contributed by atoms with Crippen LogP contribution in [0.2, 0.25) is 0 Å². The molecule has 1 aromatic heterocycles. The molecule has 1 unspecified atom stereocenters. The highest BCUT2D eigenvalue weighted by molar-refractivity contribution is 9.11. The van der Waals surface area contributed by atoms with Gasteiger partial charge in [-0.15, -0.1) is 11.3 Å². The monoisotopic (exact) mass is 456 g/mol. The van der Waals surface area contributed by atoms with Gasteiger partial charge in [-0.2, -0.15) is 0 Å². The van der Waals surface area contributed by atoms with Crippen LogP contribution in [0.5, 0.6) is 0 Å². The predicted molar refractivity (Wildman–Crippen MR) is 108 cm³/mol. The molecule has 8 heteroatoms. The van der Waals surface area contributed by atoms with Gasteiger partial charge in [0.2, 0.25) is 5.91 Å². The molecule has 2 N–H and O–H groups in total. The van der Waals surface area contributed by atoms with Crippen LogP contribution in [0.1, 0.15) is 38.7 Å². The lowest BCUT2D eigenvalue weighted by molar-refractivity contribution is -0.124. The van der Waals surface area contributed by atoms with E-state index in [-0.39, 0.29) is 16.2 Å². The highest BCUT2D eigenvalue weighted by Gasteiger charge is 2.51. The Morgan fingerprint density at radius 1 is 1.23 bits per heavy atom. The third-order valence-corrected chi connectivity index (χ3v) is 8.17. The van der Waals surface area contributed by atoms with Crippen LogP contribution in [-0.2, 0) is 20.2 Å². The number of halogens is 1. The lowest BCUT2D eigenvalue weighted by atomic mass is 9.94. The van der Waals surface area contributed by atoms with Gasteiger partial charge in [0, 0.05) is 11.7 Å². The average molecular weight is 457 g/mol. The van der Waals surface area contributed by atoms with Gasteiger partial charge in [0.05, 0.1) is 9.20 Å². The maximum absolute atomic E-state index is 12.6. The molecular weight excluding hydrogens is 436 g/mol. The highest BCUT2D eigenvalue weighted by atomic mass is 79.9. The van der Waals surface area contributed by atoms with E-state index in [4.69, 9.17) is 0 Å². The molecule has 3 rings (SSSR count). The average Bonchev–Trinajstić information content (AvgIpc) is 3.29. The van der Waals surface area contributed by atoms with E-state index in [0.717, 1.165) is 39.9 Å². The normalized spacial score (nSPS) is 16.7. The summed E-state index contributed by atoms with van der Waals surface area (Å²) < 4.78 is 28.4. The van der Waals surface area contributed by atoms with Crippen LogP contribution in [0.4, 0.5) is 5.69 Å². The largest absolute Gasteiger partial charge is 0.353 e. The standard InChI is InChI=1S/C18H21BrN2O3S2/c1-3-12(2)20-17(22)18(10-11-18)13-4-6-14(7-5-13)21-26(23,24)16-9-8-15(19)25-16/h4-9,12,21H,3,10-11H2,1-2H3,(H,20,22). The van der Waals surface area contributed by atoms with E-state index in [1.54, 1.807) is 24.3 Å². The Morgan fingerprint density at radius 3 is 2.38 bits per heavy atom. The number of rotatable bonds is 7. The number of nitrogens with one attached hydrogen (secondary N) is 2. The molecule has 1 aromatic carbocycles. The summed E-state index contributed by atoms with van der Waals surface area (Å²) in [7, 11) is -3.60. The molecule has 0 bridgehead atoms. The Balaban J connectivity index is 1.74. The zero-order valence-corrected chi connectivity index (χ0v) is 17.8. The molecule has 1 fully saturated rings. The van der Waals surface area contributed by atoms with E-state index in [1.807, 2.05) is 26.0 Å².